The van der Waals surface area contributed by atoms with E-state index in [0.29, 0.717) is 11.4 Å². The van der Waals surface area contributed by atoms with Gasteiger partial charge in [0.1, 0.15) is 5.82 Å². The highest BCUT2D eigenvalue weighted by Crippen LogP contribution is 2.12. The number of carbonyl (C=O) groups excluding carboxylic acids is 1. The van der Waals surface area contributed by atoms with Crippen molar-refractivity contribution in [1.29, 1.82) is 0 Å². The van der Waals surface area contributed by atoms with E-state index in [1.165, 1.54) is 0 Å². The van der Waals surface area contributed by atoms with Crippen molar-refractivity contribution in [2.45, 2.75) is 26.7 Å². The highest BCUT2D eigenvalue weighted by Gasteiger charge is 2.06. The fourth-order valence-electron chi connectivity index (χ4n) is 1.96. The van der Waals surface area contributed by atoms with Crippen LogP contribution in [0.4, 0.5) is 11.5 Å². The Morgan fingerprint density at radius 3 is 2.76 bits per heavy atom. The summed E-state index contributed by atoms with van der Waals surface area (Å²) < 4.78 is 0. The quantitative estimate of drug-likeness (QED) is 0.792. The minimum atomic E-state index is -0.141. The second-order valence-corrected chi connectivity index (χ2v) is 5.04. The zero-order valence-corrected chi connectivity index (χ0v) is 12.5. The molecule has 0 aliphatic heterocycles. The van der Waals surface area contributed by atoms with Crippen molar-refractivity contribution in [3.8, 4) is 0 Å². The molecule has 0 radical (unpaired) electrons. The Morgan fingerprint density at radius 2 is 2.10 bits per heavy atom. The lowest BCUT2D eigenvalue weighted by Crippen LogP contribution is -2.13. The van der Waals surface area contributed by atoms with Gasteiger partial charge in [0, 0.05) is 12.1 Å². The van der Waals surface area contributed by atoms with Crippen molar-refractivity contribution < 1.29 is 4.79 Å². The van der Waals surface area contributed by atoms with Gasteiger partial charge in [0.15, 0.2) is 0 Å². The molecular weight excluding hydrogens is 262 g/mol. The van der Waals surface area contributed by atoms with Crippen LogP contribution in [0.5, 0.6) is 0 Å². The topological polar surface area (TPSA) is 54.0 Å². The molecule has 4 heteroatoms. The monoisotopic (exact) mass is 283 g/mol. The molecule has 0 aliphatic rings. The van der Waals surface area contributed by atoms with Gasteiger partial charge in [0.2, 0.25) is 0 Å². The highest BCUT2D eigenvalue weighted by atomic mass is 16.1. The maximum Gasteiger partial charge on any atom is 0.256 e. The molecule has 0 aliphatic carbocycles. The van der Waals surface area contributed by atoms with Crippen LogP contribution < -0.4 is 10.6 Å². The summed E-state index contributed by atoms with van der Waals surface area (Å²) in [6.07, 6.45) is 4.03. The number of nitrogens with one attached hydrogen (secondary N) is 2. The smallest absolute Gasteiger partial charge is 0.256 e. The molecule has 110 valence electrons. The predicted molar refractivity (Wildman–Crippen MR) is 86.8 cm³/mol. The molecular formula is C17H21N3O. The molecule has 0 saturated carbocycles. The number of hydrogen-bond acceptors (Lipinski definition) is 3. The van der Waals surface area contributed by atoms with Crippen molar-refractivity contribution in [3.63, 3.8) is 0 Å². The number of aryl methyl sites for hydroxylation is 1. The molecule has 1 aromatic carbocycles. The Hall–Kier alpha value is -2.36. The first kappa shape index (κ1) is 15.0. The Balaban J connectivity index is 1.95. The molecule has 0 saturated heterocycles. The fraction of sp³-hybridized carbons (Fsp3) is 0.294. The summed E-state index contributed by atoms with van der Waals surface area (Å²) in [5.74, 6) is 0.417. The Labute approximate surface area is 125 Å². The van der Waals surface area contributed by atoms with Crippen LogP contribution in [0, 0.1) is 6.92 Å². The molecule has 2 rings (SSSR count). The summed E-state index contributed by atoms with van der Waals surface area (Å²) in [6, 6.07) is 11.2. The third kappa shape index (κ3) is 4.60. The molecule has 0 fully saturated rings. The first-order chi connectivity index (χ1) is 10.2. The van der Waals surface area contributed by atoms with Gasteiger partial charge in [-0.2, -0.15) is 0 Å². The Morgan fingerprint density at radius 1 is 1.24 bits per heavy atom. The number of anilines is 2. The van der Waals surface area contributed by atoms with Gasteiger partial charge >= 0.3 is 0 Å². The van der Waals surface area contributed by atoms with E-state index in [-0.39, 0.29) is 5.91 Å². The lowest BCUT2D eigenvalue weighted by Gasteiger charge is -2.07. The van der Waals surface area contributed by atoms with E-state index in [1.807, 2.05) is 37.3 Å². The van der Waals surface area contributed by atoms with Crippen LogP contribution in [0.1, 0.15) is 35.7 Å². The minimum Gasteiger partial charge on any atom is -0.384 e. The van der Waals surface area contributed by atoms with Crippen molar-refractivity contribution >= 4 is 17.4 Å². The van der Waals surface area contributed by atoms with Gasteiger partial charge in [0.05, 0.1) is 11.9 Å². The van der Waals surface area contributed by atoms with E-state index in [4.69, 9.17) is 0 Å². The number of pyridine rings is 1. The lowest BCUT2D eigenvalue weighted by atomic mass is 10.1. The molecule has 1 amide bonds. The molecule has 0 bridgehead atoms. The molecule has 2 N–H and O–H groups in total. The third-order valence-electron chi connectivity index (χ3n) is 3.14. The fourth-order valence-corrected chi connectivity index (χ4v) is 1.96. The average Bonchev–Trinajstić information content (AvgIpc) is 2.49. The summed E-state index contributed by atoms with van der Waals surface area (Å²) in [6.45, 7) is 5.06. The van der Waals surface area contributed by atoms with Crippen LogP contribution in [0.2, 0.25) is 0 Å². The molecule has 0 spiro atoms. The summed E-state index contributed by atoms with van der Waals surface area (Å²) >= 11 is 0. The minimum absolute atomic E-state index is 0.141. The zero-order chi connectivity index (χ0) is 15.1. The second-order valence-electron chi connectivity index (χ2n) is 5.04. The van der Waals surface area contributed by atoms with E-state index in [2.05, 4.69) is 22.5 Å². The van der Waals surface area contributed by atoms with Crippen molar-refractivity contribution in [2.75, 3.05) is 17.2 Å². The molecule has 0 unspecified atom stereocenters. The van der Waals surface area contributed by atoms with Crippen LogP contribution in [-0.2, 0) is 0 Å². The van der Waals surface area contributed by atoms with Gasteiger partial charge in [-0.1, -0.05) is 31.0 Å². The predicted octanol–water partition coefficient (Wildman–Crippen LogP) is 3.85. The lowest BCUT2D eigenvalue weighted by molar-refractivity contribution is 0.102. The van der Waals surface area contributed by atoms with Crippen LogP contribution in [0.3, 0.4) is 0 Å². The molecule has 1 aromatic heterocycles. The van der Waals surface area contributed by atoms with Gasteiger partial charge in [-0.05, 0) is 37.6 Å². The molecule has 4 nitrogen and oxygen atoms in total. The third-order valence-corrected chi connectivity index (χ3v) is 3.14. The zero-order valence-electron chi connectivity index (χ0n) is 12.5. The van der Waals surface area contributed by atoms with Crippen molar-refractivity contribution in [2.24, 2.45) is 0 Å². The van der Waals surface area contributed by atoms with Gasteiger partial charge in [-0.3, -0.25) is 4.79 Å². The number of aromatic nitrogens is 1. The normalized spacial score (nSPS) is 10.2. The Bertz CT molecular complexity index is 593. The van der Waals surface area contributed by atoms with E-state index < -0.39 is 0 Å². The van der Waals surface area contributed by atoms with Gasteiger partial charge in [-0.15, -0.1) is 0 Å². The van der Waals surface area contributed by atoms with Crippen LogP contribution in [0.15, 0.2) is 42.6 Å². The SMILES string of the molecule is CCCCNc1ccc(NC(=O)c2cccc(C)c2)nc1. The highest BCUT2D eigenvalue weighted by molar-refractivity contribution is 6.03. The van der Waals surface area contributed by atoms with Crippen molar-refractivity contribution in [1.82, 2.24) is 4.98 Å². The standard InChI is InChI=1S/C17H21N3O/c1-3-4-10-18-15-8-9-16(19-12-15)20-17(21)14-7-5-6-13(2)11-14/h5-9,11-12,18H,3-4,10H2,1-2H3,(H,19,20,21). The molecule has 21 heavy (non-hydrogen) atoms. The average molecular weight is 283 g/mol. The first-order valence-electron chi connectivity index (χ1n) is 7.27. The van der Waals surface area contributed by atoms with Crippen LogP contribution in [0.25, 0.3) is 0 Å². The number of unbranched alkanes of at least 4 members (excludes halogenated alkanes) is 1. The van der Waals surface area contributed by atoms with Gasteiger partial charge in [-0.25, -0.2) is 4.98 Å². The summed E-state index contributed by atoms with van der Waals surface area (Å²) in [5.41, 5.74) is 2.67. The molecule has 1 heterocycles. The number of nitrogens with zero attached hydrogens (tertiary/aromatic N) is 1. The van der Waals surface area contributed by atoms with E-state index >= 15 is 0 Å². The van der Waals surface area contributed by atoms with E-state index in [0.717, 1.165) is 30.6 Å². The maximum atomic E-state index is 12.1. The summed E-state index contributed by atoms with van der Waals surface area (Å²) in [5, 5.41) is 6.09. The number of hydrogen-bond donors (Lipinski definition) is 2. The van der Waals surface area contributed by atoms with Gasteiger partial charge < -0.3 is 10.6 Å². The number of amides is 1. The Kier molecular flexibility index (Phi) is 5.32. The van der Waals surface area contributed by atoms with Gasteiger partial charge in [0.25, 0.3) is 5.91 Å². The summed E-state index contributed by atoms with van der Waals surface area (Å²) in [4.78, 5) is 16.3. The molecule has 0 atom stereocenters. The van der Waals surface area contributed by atoms with E-state index in [1.54, 1.807) is 12.3 Å². The van der Waals surface area contributed by atoms with Crippen LogP contribution in [-0.4, -0.2) is 17.4 Å². The maximum absolute atomic E-state index is 12.1. The van der Waals surface area contributed by atoms with Crippen molar-refractivity contribution in [3.05, 3.63) is 53.7 Å². The van der Waals surface area contributed by atoms with Crippen LogP contribution >= 0.6 is 0 Å². The number of benzene rings is 1. The van der Waals surface area contributed by atoms with E-state index in [9.17, 15) is 4.79 Å². The number of carbonyl (C=O) groups is 1. The molecule has 2 aromatic rings. The number of rotatable bonds is 6. The summed E-state index contributed by atoms with van der Waals surface area (Å²) in [7, 11) is 0. The second kappa shape index (κ2) is 7.43. The largest absolute Gasteiger partial charge is 0.384 e. The first-order valence-corrected chi connectivity index (χ1v) is 7.27.